The Morgan fingerprint density at radius 2 is 2.29 bits per heavy atom. The van der Waals surface area contributed by atoms with Gasteiger partial charge in [-0.2, -0.15) is 0 Å². The number of hydrogen-bond acceptors (Lipinski definition) is 0. The molecular formula is C13H13N. The second kappa shape index (κ2) is 2.88. The minimum atomic E-state index is 1.01. The second-order valence-corrected chi connectivity index (χ2v) is 4.06. The molecule has 0 saturated carbocycles. The lowest BCUT2D eigenvalue weighted by Gasteiger charge is -2.09. The Morgan fingerprint density at radius 1 is 1.36 bits per heavy atom. The molecule has 1 aromatic heterocycles. The van der Waals surface area contributed by atoms with Crippen molar-refractivity contribution in [3.05, 3.63) is 41.4 Å². The summed E-state index contributed by atoms with van der Waals surface area (Å²) in [5, 5.41) is 1.39. The Hall–Kier alpha value is -1.24. The van der Waals surface area contributed by atoms with E-state index in [1.807, 2.05) is 0 Å². The summed E-state index contributed by atoms with van der Waals surface area (Å²) in [5.41, 5.74) is 5.50. The molecule has 2 radical (unpaired) electrons. The molecule has 0 atom stereocenters. The second-order valence-electron chi connectivity index (χ2n) is 4.06. The summed E-state index contributed by atoms with van der Waals surface area (Å²) in [6.07, 6.45) is 6.65. The van der Waals surface area contributed by atoms with Gasteiger partial charge in [0.15, 0.2) is 0 Å². The average molecular weight is 183 g/mol. The van der Waals surface area contributed by atoms with Crippen LogP contribution in [0.3, 0.4) is 0 Å². The van der Waals surface area contributed by atoms with Crippen LogP contribution in [-0.2, 0) is 12.8 Å². The zero-order valence-corrected chi connectivity index (χ0v) is 8.35. The van der Waals surface area contributed by atoms with Crippen LogP contribution in [0, 0.1) is 13.3 Å². The fourth-order valence-corrected chi connectivity index (χ4v) is 2.27. The van der Waals surface area contributed by atoms with E-state index < -0.39 is 0 Å². The van der Waals surface area contributed by atoms with E-state index in [2.05, 4.69) is 36.5 Å². The number of nitrogens with one attached hydrogen (secondary N) is 1. The van der Waals surface area contributed by atoms with Crippen LogP contribution in [0.4, 0.5) is 0 Å². The summed E-state index contributed by atoms with van der Waals surface area (Å²) in [4.78, 5) is 3.52. The van der Waals surface area contributed by atoms with Gasteiger partial charge in [-0.3, -0.25) is 0 Å². The highest BCUT2D eigenvalue weighted by atomic mass is 14.7. The fraction of sp³-hybridized carbons (Fsp3) is 0.308. The van der Waals surface area contributed by atoms with Gasteiger partial charge in [-0.15, -0.1) is 0 Å². The molecule has 0 spiro atoms. The molecule has 0 amide bonds. The first kappa shape index (κ1) is 8.10. The molecule has 0 bridgehead atoms. The molecule has 0 fully saturated rings. The zero-order chi connectivity index (χ0) is 9.54. The predicted octanol–water partition coefficient (Wildman–Crippen LogP) is 3.05. The van der Waals surface area contributed by atoms with Crippen LogP contribution in [0.25, 0.3) is 10.9 Å². The van der Waals surface area contributed by atoms with Crippen molar-refractivity contribution in [3.63, 3.8) is 0 Å². The molecule has 1 aromatic carbocycles. The highest BCUT2D eigenvalue weighted by Crippen LogP contribution is 2.28. The normalized spacial score (nSPS) is 15.8. The van der Waals surface area contributed by atoms with Crippen LogP contribution in [0.1, 0.15) is 23.2 Å². The maximum atomic E-state index is 3.52. The molecule has 1 aliphatic rings. The van der Waals surface area contributed by atoms with Crippen molar-refractivity contribution in [1.29, 1.82) is 0 Å². The van der Waals surface area contributed by atoms with Gasteiger partial charge < -0.3 is 4.98 Å². The summed E-state index contributed by atoms with van der Waals surface area (Å²) in [6, 6.07) is 6.64. The Bertz CT molecular complexity index is 479. The highest BCUT2D eigenvalue weighted by Gasteiger charge is 2.14. The number of benzene rings is 1. The predicted molar refractivity (Wildman–Crippen MR) is 58.3 cm³/mol. The first-order valence-electron chi connectivity index (χ1n) is 5.15. The van der Waals surface area contributed by atoms with Crippen LogP contribution in [0.5, 0.6) is 0 Å². The van der Waals surface area contributed by atoms with E-state index in [9.17, 15) is 0 Å². The van der Waals surface area contributed by atoms with Gasteiger partial charge >= 0.3 is 0 Å². The topological polar surface area (TPSA) is 15.8 Å². The van der Waals surface area contributed by atoms with Crippen LogP contribution < -0.4 is 0 Å². The Labute approximate surface area is 84.1 Å². The van der Waals surface area contributed by atoms with E-state index in [0.717, 1.165) is 19.3 Å². The molecule has 0 saturated heterocycles. The third kappa shape index (κ3) is 1.08. The molecular weight excluding hydrogens is 170 g/mol. The SMILES string of the molecule is Cc1ccc2c3c([nH]c2c1)CC[C]C3. The van der Waals surface area contributed by atoms with Crippen molar-refractivity contribution in [2.24, 2.45) is 0 Å². The van der Waals surface area contributed by atoms with E-state index in [0.29, 0.717) is 0 Å². The monoisotopic (exact) mass is 183 g/mol. The van der Waals surface area contributed by atoms with Crippen LogP contribution in [0.15, 0.2) is 18.2 Å². The average Bonchev–Trinajstić information content (AvgIpc) is 2.54. The maximum absolute atomic E-state index is 3.52. The zero-order valence-electron chi connectivity index (χ0n) is 8.35. The Kier molecular flexibility index (Phi) is 1.66. The van der Waals surface area contributed by atoms with Gasteiger partial charge in [-0.25, -0.2) is 0 Å². The molecule has 3 rings (SSSR count). The van der Waals surface area contributed by atoms with E-state index in [4.69, 9.17) is 0 Å². The van der Waals surface area contributed by atoms with Crippen molar-refractivity contribution in [2.75, 3.05) is 0 Å². The molecule has 1 nitrogen and oxygen atoms in total. The van der Waals surface area contributed by atoms with Gasteiger partial charge in [0.1, 0.15) is 0 Å². The number of fused-ring (bicyclic) bond motifs is 3. The Balaban J connectivity index is 2.31. The largest absolute Gasteiger partial charge is 0.358 e. The van der Waals surface area contributed by atoms with Gasteiger partial charge in [-0.05, 0) is 49.8 Å². The van der Waals surface area contributed by atoms with E-state index in [1.165, 1.54) is 27.7 Å². The highest BCUT2D eigenvalue weighted by molar-refractivity contribution is 5.85. The quantitative estimate of drug-likeness (QED) is 0.646. The van der Waals surface area contributed by atoms with Gasteiger partial charge in [0.25, 0.3) is 0 Å². The molecule has 1 aliphatic carbocycles. The van der Waals surface area contributed by atoms with Gasteiger partial charge in [-0.1, -0.05) is 12.1 Å². The summed E-state index contributed by atoms with van der Waals surface area (Å²) < 4.78 is 0. The minimum Gasteiger partial charge on any atom is -0.358 e. The van der Waals surface area contributed by atoms with Gasteiger partial charge in [0.05, 0.1) is 0 Å². The van der Waals surface area contributed by atoms with E-state index in [1.54, 1.807) is 0 Å². The molecule has 1 heteroatoms. The van der Waals surface area contributed by atoms with Crippen molar-refractivity contribution in [1.82, 2.24) is 4.98 Å². The van der Waals surface area contributed by atoms with Crippen molar-refractivity contribution >= 4 is 10.9 Å². The third-order valence-electron chi connectivity index (χ3n) is 3.00. The summed E-state index contributed by atoms with van der Waals surface area (Å²) >= 11 is 0. The van der Waals surface area contributed by atoms with Crippen LogP contribution >= 0.6 is 0 Å². The lowest BCUT2D eigenvalue weighted by Crippen LogP contribution is -2.00. The Morgan fingerprint density at radius 3 is 3.21 bits per heavy atom. The van der Waals surface area contributed by atoms with Gasteiger partial charge in [0, 0.05) is 16.6 Å². The first-order valence-corrected chi connectivity index (χ1v) is 5.15. The van der Waals surface area contributed by atoms with Crippen molar-refractivity contribution in [2.45, 2.75) is 26.2 Å². The molecule has 1 N–H and O–H groups in total. The smallest absolute Gasteiger partial charge is 0.0461 e. The van der Waals surface area contributed by atoms with E-state index >= 15 is 0 Å². The number of rotatable bonds is 0. The van der Waals surface area contributed by atoms with E-state index in [-0.39, 0.29) is 0 Å². The van der Waals surface area contributed by atoms with Crippen LogP contribution in [0.2, 0.25) is 0 Å². The van der Waals surface area contributed by atoms with Crippen molar-refractivity contribution < 1.29 is 0 Å². The number of H-pyrrole nitrogens is 1. The lowest BCUT2D eigenvalue weighted by atomic mass is 9.95. The molecule has 70 valence electrons. The lowest BCUT2D eigenvalue weighted by molar-refractivity contribution is 0.816. The maximum Gasteiger partial charge on any atom is 0.0461 e. The third-order valence-corrected chi connectivity index (χ3v) is 3.00. The number of aromatic nitrogens is 1. The van der Waals surface area contributed by atoms with Crippen LogP contribution in [-0.4, -0.2) is 4.98 Å². The first-order chi connectivity index (χ1) is 6.84. The number of aromatic amines is 1. The summed E-state index contributed by atoms with van der Waals surface area (Å²) in [7, 11) is 0. The molecule has 0 unspecified atom stereocenters. The fourth-order valence-electron chi connectivity index (χ4n) is 2.27. The molecule has 0 aliphatic heterocycles. The minimum absolute atomic E-state index is 1.01. The number of aryl methyl sites for hydroxylation is 2. The summed E-state index contributed by atoms with van der Waals surface area (Å²) in [5.74, 6) is 0. The number of hydrogen-bond donors (Lipinski definition) is 1. The summed E-state index contributed by atoms with van der Waals surface area (Å²) in [6.45, 7) is 2.14. The molecule has 14 heavy (non-hydrogen) atoms. The standard InChI is InChI=1S/C13H13N/c1-9-6-7-11-10-4-2-3-5-12(10)14-13(11)8-9/h6-8,14H,3-5H2,1H3. The molecule has 1 heterocycles. The van der Waals surface area contributed by atoms with Crippen molar-refractivity contribution in [3.8, 4) is 0 Å². The van der Waals surface area contributed by atoms with Gasteiger partial charge in [0.2, 0.25) is 0 Å². The molecule has 2 aromatic rings.